The van der Waals surface area contributed by atoms with E-state index in [-0.39, 0.29) is 41.0 Å². The Bertz CT molecular complexity index is 1200. The van der Waals surface area contributed by atoms with E-state index in [4.69, 9.17) is 21.3 Å². The van der Waals surface area contributed by atoms with Gasteiger partial charge in [0, 0.05) is 31.2 Å². The second kappa shape index (κ2) is 10.3. The predicted molar refractivity (Wildman–Crippen MR) is 135 cm³/mol. The average molecular weight is 501 g/mol. The third-order valence-electron chi connectivity index (χ3n) is 6.70. The molecule has 2 fully saturated rings. The molecule has 4 rings (SSSR count). The molecule has 1 aliphatic heterocycles. The summed E-state index contributed by atoms with van der Waals surface area (Å²) in [5, 5.41) is 19.7. The minimum absolute atomic E-state index is 0.0453. The maximum absolute atomic E-state index is 12.1. The zero-order valence-electron chi connectivity index (χ0n) is 19.9. The number of hydrogen-bond acceptors (Lipinski definition) is 10. The predicted octanol–water partition coefficient (Wildman–Crippen LogP) is 1.30. The van der Waals surface area contributed by atoms with Crippen molar-refractivity contribution in [2.75, 3.05) is 36.5 Å². The second-order valence-corrected chi connectivity index (χ2v) is 11.0. The van der Waals surface area contributed by atoms with E-state index in [2.05, 4.69) is 24.9 Å². The Morgan fingerprint density at radius 1 is 1.20 bits per heavy atom. The Hall–Kier alpha value is -3.09. The van der Waals surface area contributed by atoms with Gasteiger partial charge in [-0.25, -0.2) is 23.1 Å². The fourth-order valence-electron chi connectivity index (χ4n) is 4.81. The van der Waals surface area contributed by atoms with Gasteiger partial charge in [-0.3, -0.25) is 10.8 Å². The largest absolute Gasteiger partial charge is 0.419 e. The van der Waals surface area contributed by atoms with Gasteiger partial charge in [-0.2, -0.15) is 0 Å². The highest BCUT2D eigenvalue weighted by Crippen LogP contribution is 2.39. The van der Waals surface area contributed by atoms with Crippen molar-refractivity contribution in [2.45, 2.75) is 32.4 Å². The van der Waals surface area contributed by atoms with Crippen molar-refractivity contribution in [3.63, 3.8) is 0 Å². The first kappa shape index (κ1) is 25.0. The van der Waals surface area contributed by atoms with E-state index in [1.165, 1.54) is 0 Å². The van der Waals surface area contributed by atoms with Crippen molar-refractivity contribution >= 4 is 33.5 Å². The summed E-state index contributed by atoms with van der Waals surface area (Å²) in [7, 11) is -1.41. The lowest BCUT2D eigenvalue weighted by atomic mass is 9.98. The first-order valence-electron chi connectivity index (χ1n) is 11.7. The lowest BCUT2D eigenvalue weighted by Gasteiger charge is -2.22. The number of hydrogen-bond donors (Lipinski definition) is 5. The highest BCUT2D eigenvalue weighted by atomic mass is 32.2. The molecule has 188 valence electrons. The van der Waals surface area contributed by atoms with Crippen molar-refractivity contribution in [3.8, 4) is 0 Å². The van der Waals surface area contributed by atoms with E-state index >= 15 is 0 Å². The molecule has 2 aliphatic rings. The SMILES string of the molecule is CCS(=O)(=O)NC1CCC2CN(c3cnc(N)c(C(=N)OC(=N)c4ccc(CNC)cc4)n3)C[C@@H]21. The first-order chi connectivity index (χ1) is 16.7. The van der Waals surface area contributed by atoms with Crippen LogP contribution in [0.1, 0.15) is 36.6 Å². The standard InChI is InChI=1S/C23H32N8O3S/c1-3-35(32,33)30-18-9-8-16-12-31(13-17(16)18)19-11-28-21(24)20(29-19)23(26)34-22(25)15-6-4-14(5-7-15)10-27-2/h4-7,11,16-18,25-27,30H,3,8-10,12-13H2,1-2H3,(H2,24,28)/t16?,17-,18?/m0/s1. The summed E-state index contributed by atoms with van der Waals surface area (Å²) in [6.45, 7) is 3.72. The highest BCUT2D eigenvalue weighted by molar-refractivity contribution is 7.89. The fraction of sp³-hybridized carbons (Fsp3) is 0.478. The smallest absolute Gasteiger partial charge is 0.243 e. The van der Waals surface area contributed by atoms with Gasteiger partial charge in [0.1, 0.15) is 5.82 Å². The van der Waals surface area contributed by atoms with Crippen LogP contribution in [-0.4, -0.2) is 62.1 Å². The molecule has 3 atom stereocenters. The summed E-state index contributed by atoms with van der Waals surface area (Å²) >= 11 is 0. The van der Waals surface area contributed by atoms with Gasteiger partial charge in [-0.1, -0.05) is 12.1 Å². The zero-order chi connectivity index (χ0) is 25.2. The van der Waals surface area contributed by atoms with E-state index in [0.29, 0.717) is 30.4 Å². The Kier molecular flexibility index (Phi) is 7.33. The molecule has 1 aromatic heterocycles. The van der Waals surface area contributed by atoms with E-state index in [1.807, 2.05) is 19.2 Å². The van der Waals surface area contributed by atoms with Crippen molar-refractivity contribution < 1.29 is 13.2 Å². The molecule has 35 heavy (non-hydrogen) atoms. The molecule has 2 unspecified atom stereocenters. The number of nitrogens with zero attached hydrogens (tertiary/aromatic N) is 3. The molecule has 1 saturated carbocycles. The van der Waals surface area contributed by atoms with Crippen LogP contribution in [0.15, 0.2) is 30.5 Å². The molecule has 2 heterocycles. The molecule has 1 aliphatic carbocycles. The summed E-state index contributed by atoms with van der Waals surface area (Å²) < 4.78 is 32.4. The zero-order valence-corrected chi connectivity index (χ0v) is 20.7. The van der Waals surface area contributed by atoms with Crippen molar-refractivity contribution in [1.82, 2.24) is 20.0 Å². The highest BCUT2D eigenvalue weighted by Gasteiger charge is 2.44. The van der Waals surface area contributed by atoms with Gasteiger partial charge in [0.15, 0.2) is 11.5 Å². The lowest BCUT2D eigenvalue weighted by Crippen LogP contribution is -2.40. The van der Waals surface area contributed by atoms with Crippen LogP contribution in [0.25, 0.3) is 0 Å². The van der Waals surface area contributed by atoms with Gasteiger partial charge in [-0.15, -0.1) is 0 Å². The monoisotopic (exact) mass is 500 g/mol. The normalized spacial score (nSPS) is 21.7. The molecule has 6 N–H and O–H groups in total. The quantitative estimate of drug-likeness (QED) is 0.267. The van der Waals surface area contributed by atoms with E-state index in [1.54, 1.807) is 25.3 Å². The average Bonchev–Trinajstić information content (AvgIpc) is 3.42. The molecule has 1 aromatic carbocycles. The number of anilines is 2. The Balaban J connectivity index is 1.44. The molecular formula is C23H32N8O3S. The minimum atomic E-state index is -3.27. The molecule has 1 saturated heterocycles. The molecule has 12 heteroatoms. The second-order valence-electron chi connectivity index (χ2n) is 8.98. The number of fused-ring (bicyclic) bond motifs is 1. The lowest BCUT2D eigenvalue weighted by molar-refractivity contribution is 0.428. The number of nitrogens with two attached hydrogens (primary N) is 1. The summed E-state index contributed by atoms with van der Waals surface area (Å²) in [6, 6.07) is 7.22. The van der Waals surface area contributed by atoms with Crippen LogP contribution in [0, 0.1) is 22.7 Å². The minimum Gasteiger partial charge on any atom is -0.419 e. The fourth-order valence-corrected chi connectivity index (χ4v) is 5.73. The van der Waals surface area contributed by atoms with Crippen molar-refractivity contribution in [3.05, 3.63) is 47.3 Å². The van der Waals surface area contributed by atoms with Crippen LogP contribution in [0.4, 0.5) is 11.6 Å². The molecular weight excluding hydrogens is 468 g/mol. The topological polar surface area (TPSA) is 170 Å². The third-order valence-corrected chi connectivity index (χ3v) is 8.12. The molecule has 0 spiro atoms. The summed E-state index contributed by atoms with van der Waals surface area (Å²) in [5.74, 6) is 0.676. The number of nitrogens with one attached hydrogen (secondary N) is 4. The molecule has 2 aromatic rings. The van der Waals surface area contributed by atoms with Gasteiger partial charge in [0.05, 0.1) is 11.9 Å². The third kappa shape index (κ3) is 5.60. The van der Waals surface area contributed by atoms with Crippen LogP contribution in [0.3, 0.4) is 0 Å². The first-order valence-corrected chi connectivity index (χ1v) is 13.3. The van der Waals surface area contributed by atoms with Gasteiger partial charge in [0.2, 0.25) is 21.8 Å². The molecule has 0 bridgehead atoms. The number of nitrogen functional groups attached to an aromatic ring is 1. The molecule has 11 nitrogen and oxygen atoms in total. The van der Waals surface area contributed by atoms with E-state index < -0.39 is 10.0 Å². The number of rotatable bonds is 8. The number of aromatic nitrogens is 2. The van der Waals surface area contributed by atoms with Crippen LogP contribution < -0.4 is 20.7 Å². The number of ether oxygens (including phenoxy) is 1. The van der Waals surface area contributed by atoms with Gasteiger partial charge >= 0.3 is 0 Å². The van der Waals surface area contributed by atoms with Crippen molar-refractivity contribution in [2.24, 2.45) is 11.8 Å². The number of sulfonamides is 1. The van der Waals surface area contributed by atoms with E-state index in [0.717, 1.165) is 24.9 Å². The summed E-state index contributed by atoms with van der Waals surface area (Å²) in [6.07, 6.45) is 3.33. The van der Waals surface area contributed by atoms with E-state index in [9.17, 15) is 8.42 Å². The van der Waals surface area contributed by atoms with Gasteiger partial charge < -0.3 is 20.7 Å². The molecule has 0 radical (unpaired) electrons. The summed E-state index contributed by atoms with van der Waals surface area (Å²) in [4.78, 5) is 10.8. The van der Waals surface area contributed by atoms with Gasteiger partial charge in [0.25, 0.3) is 0 Å². The van der Waals surface area contributed by atoms with Crippen LogP contribution in [0.5, 0.6) is 0 Å². The Morgan fingerprint density at radius 2 is 1.94 bits per heavy atom. The summed E-state index contributed by atoms with van der Waals surface area (Å²) in [5.41, 5.74) is 7.66. The van der Waals surface area contributed by atoms with Crippen LogP contribution >= 0.6 is 0 Å². The van der Waals surface area contributed by atoms with Crippen molar-refractivity contribution in [1.29, 1.82) is 10.8 Å². The maximum atomic E-state index is 12.1. The molecule has 0 amide bonds. The maximum Gasteiger partial charge on any atom is 0.243 e. The number of benzene rings is 1. The Morgan fingerprint density at radius 3 is 2.63 bits per heavy atom. The van der Waals surface area contributed by atoms with Crippen LogP contribution in [0.2, 0.25) is 0 Å². The Labute approximate surface area is 205 Å². The van der Waals surface area contributed by atoms with Crippen LogP contribution in [-0.2, 0) is 21.3 Å². The van der Waals surface area contributed by atoms with Gasteiger partial charge in [-0.05, 0) is 56.3 Å².